The number of fused-ring (bicyclic) bond motifs is 2. The number of ketones is 1. The van der Waals surface area contributed by atoms with E-state index in [0.717, 1.165) is 44.8 Å². The number of rotatable bonds is 5. The van der Waals surface area contributed by atoms with Gasteiger partial charge in [0.15, 0.2) is 0 Å². The fourth-order valence-electron chi connectivity index (χ4n) is 5.80. The molecule has 0 spiro atoms. The molecule has 1 aliphatic carbocycles. The highest BCUT2D eigenvalue weighted by Crippen LogP contribution is 2.41. The minimum Gasteiger partial charge on any atom is -0.332 e. The molecular formula is C23H36N4O. The van der Waals surface area contributed by atoms with Crippen LogP contribution in [0.5, 0.6) is 0 Å². The van der Waals surface area contributed by atoms with Gasteiger partial charge in [-0.05, 0) is 56.0 Å². The quantitative estimate of drug-likeness (QED) is 0.771. The molecule has 0 amide bonds. The average Bonchev–Trinajstić information content (AvgIpc) is 2.96. The Hall–Kier alpha value is -1.49. The number of likely N-dealkylation sites (tertiary alicyclic amines) is 1. The molecular weight excluding hydrogens is 348 g/mol. The van der Waals surface area contributed by atoms with Crippen molar-refractivity contribution >= 4 is 11.7 Å². The Bertz CT molecular complexity index is 674. The van der Waals surface area contributed by atoms with E-state index in [1.807, 2.05) is 13.8 Å². The number of likely N-dealkylation sites (N-methyl/N-ethyl adjacent to an activating group) is 1. The van der Waals surface area contributed by atoms with Gasteiger partial charge in [-0.25, -0.2) is 9.97 Å². The zero-order chi connectivity index (χ0) is 19.8. The van der Waals surface area contributed by atoms with Crippen molar-refractivity contribution in [3.8, 4) is 0 Å². The third-order valence-corrected chi connectivity index (χ3v) is 7.47. The van der Waals surface area contributed by atoms with Gasteiger partial charge in [-0.15, -0.1) is 0 Å². The van der Waals surface area contributed by atoms with Crippen LogP contribution in [0.4, 0.5) is 5.95 Å². The highest BCUT2D eigenvalue weighted by molar-refractivity contribution is 5.83. The Morgan fingerprint density at radius 2 is 1.75 bits per heavy atom. The minimum absolute atomic E-state index is 0.148. The maximum atomic E-state index is 12.4. The maximum Gasteiger partial charge on any atom is 0.225 e. The van der Waals surface area contributed by atoms with E-state index in [1.165, 1.54) is 18.4 Å². The zero-order valence-electron chi connectivity index (χ0n) is 18.0. The summed E-state index contributed by atoms with van der Waals surface area (Å²) < 4.78 is 0. The number of nitrogens with zero attached hydrogens (tertiary/aromatic N) is 4. The highest BCUT2D eigenvalue weighted by Gasteiger charge is 2.41. The highest BCUT2D eigenvalue weighted by atomic mass is 16.1. The number of carbonyl (C=O) groups is 1. The van der Waals surface area contributed by atoms with Crippen LogP contribution >= 0.6 is 0 Å². The van der Waals surface area contributed by atoms with Gasteiger partial charge in [0.25, 0.3) is 0 Å². The van der Waals surface area contributed by atoms with Gasteiger partial charge in [0, 0.05) is 49.4 Å². The number of hydrogen-bond acceptors (Lipinski definition) is 5. The molecule has 28 heavy (non-hydrogen) atoms. The molecule has 1 saturated carbocycles. The third kappa shape index (κ3) is 3.70. The van der Waals surface area contributed by atoms with Gasteiger partial charge < -0.3 is 4.90 Å². The summed E-state index contributed by atoms with van der Waals surface area (Å²) >= 11 is 0. The Morgan fingerprint density at radius 3 is 2.29 bits per heavy atom. The van der Waals surface area contributed by atoms with E-state index in [9.17, 15) is 4.79 Å². The topological polar surface area (TPSA) is 49.3 Å². The van der Waals surface area contributed by atoms with Crippen molar-refractivity contribution in [1.82, 2.24) is 14.9 Å². The normalized spacial score (nSPS) is 33.5. The molecule has 3 aliphatic rings. The number of aromatic nitrogens is 2. The van der Waals surface area contributed by atoms with E-state index < -0.39 is 0 Å². The van der Waals surface area contributed by atoms with E-state index >= 15 is 0 Å². The van der Waals surface area contributed by atoms with E-state index in [2.05, 4.69) is 36.0 Å². The lowest BCUT2D eigenvalue weighted by Crippen LogP contribution is -2.54. The first-order valence-corrected chi connectivity index (χ1v) is 11.3. The Morgan fingerprint density at radius 1 is 1.11 bits per heavy atom. The number of anilines is 1. The third-order valence-electron chi connectivity index (χ3n) is 7.47. The average molecular weight is 385 g/mol. The predicted octanol–water partition coefficient (Wildman–Crippen LogP) is 3.89. The summed E-state index contributed by atoms with van der Waals surface area (Å²) in [6.45, 7) is 12.0. The van der Waals surface area contributed by atoms with Gasteiger partial charge in [-0.2, -0.15) is 0 Å². The van der Waals surface area contributed by atoms with Gasteiger partial charge in [-0.3, -0.25) is 9.69 Å². The van der Waals surface area contributed by atoms with Crippen LogP contribution in [0.25, 0.3) is 0 Å². The molecule has 1 aromatic rings. The fraction of sp³-hybridized carbons (Fsp3) is 0.783. The fourth-order valence-corrected chi connectivity index (χ4v) is 5.80. The molecule has 4 rings (SSSR count). The molecule has 0 N–H and O–H groups in total. The SMILES string of the molecule is CCN1CC2CCC(C1)N2c1ncc(C2CC[C@H](C(=O)C(C)C)C(C)C2)cn1. The summed E-state index contributed by atoms with van der Waals surface area (Å²) in [6.07, 6.45) is 9.82. The summed E-state index contributed by atoms with van der Waals surface area (Å²) in [7, 11) is 0. The lowest BCUT2D eigenvalue weighted by molar-refractivity contribution is -0.128. The largest absolute Gasteiger partial charge is 0.332 e. The van der Waals surface area contributed by atoms with Gasteiger partial charge >= 0.3 is 0 Å². The molecule has 0 radical (unpaired) electrons. The number of carbonyl (C=O) groups excluding carboxylic acids is 1. The summed E-state index contributed by atoms with van der Waals surface area (Å²) in [5.74, 6) is 2.69. The monoisotopic (exact) mass is 384 g/mol. The van der Waals surface area contributed by atoms with E-state index in [-0.39, 0.29) is 11.8 Å². The van der Waals surface area contributed by atoms with Gasteiger partial charge in [0.1, 0.15) is 5.78 Å². The van der Waals surface area contributed by atoms with Crippen LogP contribution in [-0.4, -0.2) is 52.4 Å². The van der Waals surface area contributed by atoms with Crippen LogP contribution in [0.3, 0.4) is 0 Å². The summed E-state index contributed by atoms with van der Waals surface area (Å²) in [4.78, 5) is 27.1. The molecule has 3 fully saturated rings. The van der Waals surface area contributed by atoms with Crippen LogP contribution in [0.15, 0.2) is 12.4 Å². The lowest BCUT2D eigenvalue weighted by atomic mass is 9.70. The van der Waals surface area contributed by atoms with Crippen LogP contribution in [0.1, 0.15) is 71.3 Å². The van der Waals surface area contributed by atoms with Crippen LogP contribution in [0.2, 0.25) is 0 Å². The first-order chi connectivity index (χ1) is 13.5. The van der Waals surface area contributed by atoms with Crippen LogP contribution in [-0.2, 0) is 4.79 Å². The van der Waals surface area contributed by atoms with Crippen molar-refractivity contribution in [3.63, 3.8) is 0 Å². The summed E-state index contributed by atoms with van der Waals surface area (Å²) in [6, 6.07) is 1.14. The second-order valence-corrected chi connectivity index (χ2v) is 9.61. The molecule has 1 aromatic heterocycles. The van der Waals surface area contributed by atoms with Crippen molar-refractivity contribution in [2.45, 2.75) is 77.8 Å². The standard InChI is InChI=1S/C23H36N4O/c1-5-26-13-19-7-8-20(14-26)27(19)23-24-11-18(12-25-23)17-6-9-21(16(4)10-17)22(28)15(2)3/h11-12,15-17,19-21H,5-10,13-14H2,1-4H3/t16?,17?,19?,20?,21-/m0/s1. The molecule has 3 heterocycles. The molecule has 2 aliphatic heterocycles. The molecule has 4 unspecified atom stereocenters. The Kier molecular flexibility index (Phi) is 5.73. The molecule has 5 heteroatoms. The first kappa shape index (κ1) is 19.8. The lowest BCUT2D eigenvalue weighted by Gasteiger charge is -2.40. The molecule has 5 atom stereocenters. The number of Topliss-reactive ketones (excluding diaryl/α,β-unsaturated/α-hetero) is 1. The second-order valence-electron chi connectivity index (χ2n) is 9.61. The van der Waals surface area contributed by atoms with Crippen LogP contribution in [0, 0.1) is 17.8 Å². The Balaban J connectivity index is 1.41. The predicted molar refractivity (Wildman–Crippen MR) is 113 cm³/mol. The van der Waals surface area contributed by atoms with Crippen molar-refractivity contribution in [1.29, 1.82) is 0 Å². The molecule has 154 valence electrons. The van der Waals surface area contributed by atoms with Crippen molar-refractivity contribution < 1.29 is 4.79 Å². The van der Waals surface area contributed by atoms with Crippen molar-refractivity contribution in [2.75, 3.05) is 24.5 Å². The smallest absolute Gasteiger partial charge is 0.225 e. The number of hydrogen-bond donors (Lipinski definition) is 0. The zero-order valence-corrected chi connectivity index (χ0v) is 18.0. The van der Waals surface area contributed by atoms with E-state index in [4.69, 9.17) is 9.97 Å². The van der Waals surface area contributed by atoms with Gasteiger partial charge in [0.05, 0.1) is 0 Å². The van der Waals surface area contributed by atoms with Crippen LogP contribution < -0.4 is 4.90 Å². The van der Waals surface area contributed by atoms with Crippen molar-refractivity contribution in [3.05, 3.63) is 18.0 Å². The molecule has 2 bridgehead atoms. The van der Waals surface area contributed by atoms with Crippen molar-refractivity contribution in [2.24, 2.45) is 17.8 Å². The maximum absolute atomic E-state index is 12.4. The molecule has 5 nitrogen and oxygen atoms in total. The minimum atomic E-state index is 0.148. The van der Waals surface area contributed by atoms with Gasteiger partial charge in [0.2, 0.25) is 5.95 Å². The molecule has 2 saturated heterocycles. The summed E-state index contributed by atoms with van der Waals surface area (Å²) in [5.41, 5.74) is 1.26. The first-order valence-electron chi connectivity index (χ1n) is 11.3. The van der Waals surface area contributed by atoms with E-state index in [1.54, 1.807) is 0 Å². The summed E-state index contributed by atoms with van der Waals surface area (Å²) in [5, 5.41) is 0. The second kappa shape index (κ2) is 8.10. The number of piperazine rings is 1. The Labute approximate surface area is 169 Å². The van der Waals surface area contributed by atoms with Gasteiger partial charge in [-0.1, -0.05) is 27.7 Å². The molecule has 0 aromatic carbocycles. The van der Waals surface area contributed by atoms with E-state index in [0.29, 0.717) is 29.7 Å².